The number of rotatable bonds is 3. The lowest BCUT2D eigenvalue weighted by Gasteiger charge is -2.30. The molecule has 0 aromatic heterocycles. The van der Waals surface area contributed by atoms with Gasteiger partial charge in [0.2, 0.25) is 0 Å². The molecule has 0 saturated heterocycles. The molecule has 104 valence electrons. The molecule has 0 amide bonds. The van der Waals surface area contributed by atoms with E-state index in [9.17, 15) is 4.79 Å². The van der Waals surface area contributed by atoms with Crippen molar-refractivity contribution in [1.29, 1.82) is 0 Å². The van der Waals surface area contributed by atoms with Gasteiger partial charge in [0.25, 0.3) is 0 Å². The lowest BCUT2D eigenvalue weighted by molar-refractivity contribution is 0.112. The second kappa shape index (κ2) is 5.80. The molecule has 0 N–H and O–H groups in total. The van der Waals surface area contributed by atoms with Gasteiger partial charge in [-0.15, -0.1) is 0 Å². The summed E-state index contributed by atoms with van der Waals surface area (Å²) in [6.45, 7) is 0. The van der Waals surface area contributed by atoms with Gasteiger partial charge in [0.15, 0.2) is 0 Å². The van der Waals surface area contributed by atoms with Crippen molar-refractivity contribution in [1.82, 2.24) is 0 Å². The van der Waals surface area contributed by atoms with Gasteiger partial charge < -0.3 is 4.90 Å². The van der Waals surface area contributed by atoms with Crippen LogP contribution in [0.1, 0.15) is 21.5 Å². The molecule has 2 nitrogen and oxygen atoms in total. The van der Waals surface area contributed by atoms with Crippen molar-refractivity contribution in [3.8, 4) is 0 Å². The number of hydrogen-bond donors (Lipinski definition) is 0. The first-order chi connectivity index (χ1) is 10.3. The number of aldehydes is 1. The van der Waals surface area contributed by atoms with Crippen LogP contribution in [0.15, 0.2) is 60.7 Å². The number of carbonyl (C=O) groups excluding carboxylic acids is 1. The van der Waals surface area contributed by atoms with Crippen molar-refractivity contribution in [3.63, 3.8) is 0 Å². The predicted molar refractivity (Wildman–Crippen MR) is 88.5 cm³/mol. The lowest BCUT2D eigenvalue weighted by atomic mass is 10.0. The van der Waals surface area contributed by atoms with Crippen LogP contribution in [0.5, 0.6) is 0 Å². The van der Waals surface area contributed by atoms with Crippen LogP contribution in [0.25, 0.3) is 12.2 Å². The smallest absolute Gasteiger partial charge is 0.150 e. The first-order valence-electron chi connectivity index (χ1n) is 7.01. The summed E-state index contributed by atoms with van der Waals surface area (Å²) >= 11 is 0. The molecule has 0 aliphatic carbocycles. The molecule has 2 aromatic rings. The summed E-state index contributed by atoms with van der Waals surface area (Å²) in [7, 11) is 2.10. The van der Waals surface area contributed by atoms with Crippen molar-refractivity contribution in [2.24, 2.45) is 0 Å². The number of likely N-dealkylation sites (N-methyl/N-ethyl adjacent to an activating group) is 1. The van der Waals surface area contributed by atoms with Crippen LogP contribution >= 0.6 is 0 Å². The second-order valence-corrected chi connectivity index (χ2v) is 5.16. The zero-order chi connectivity index (χ0) is 14.7. The summed E-state index contributed by atoms with van der Waals surface area (Å²) in [5.74, 6) is 0. The van der Waals surface area contributed by atoms with E-state index < -0.39 is 0 Å². The Kier molecular flexibility index (Phi) is 3.69. The van der Waals surface area contributed by atoms with Crippen LogP contribution in [0, 0.1) is 0 Å². The fourth-order valence-electron chi connectivity index (χ4n) is 2.53. The number of fused-ring (bicyclic) bond motifs is 1. The van der Waals surface area contributed by atoms with Gasteiger partial charge in [0.1, 0.15) is 6.29 Å². The molecule has 1 aliphatic rings. The van der Waals surface area contributed by atoms with E-state index in [-0.39, 0.29) is 6.04 Å². The van der Waals surface area contributed by atoms with Crippen LogP contribution < -0.4 is 4.90 Å². The summed E-state index contributed by atoms with van der Waals surface area (Å²) in [4.78, 5) is 12.9. The second-order valence-electron chi connectivity index (χ2n) is 5.16. The molecule has 0 spiro atoms. The molecule has 0 bridgehead atoms. The van der Waals surface area contributed by atoms with E-state index >= 15 is 0 Å². The topological polar surface area (TPSA) is 20.3 Å². The molecule has 0 fully saturated rings. The maximum atomic E-state index is 10.6. The minimum absolute atomic E-state index is 0.241. The van der Waals surface area contributed by atoms with E-state index in [1.165, 1.54) is 11.3 Å². The van der Waals surface area contributed by atoms with Crippen molar-refractivity contribution in [3.05, 3.63) is 77.4 Å². The molecule has 1 unspecified atom stereocenters. The zero-order valence-corrected chi connectivity index (χ0v) is 11.9. The third kappa shape index (κ3) is 2.79. The van der Waals surface area contributed by atoms with Crippen molar-refractivity contribution in [2.45, 2.75) is 6.04 Å². The summed E-state index contributed by atoms with van der Waals surface area (Å²) in [6, 6.07) is 16.2. The summed E-state index contributed by atoms with van der Waals surface area (Å²) < 4.78 is 0. The number of benzene rings is 2. The molecule has 3 rings (SSSR count). The summed E-state index contributed by atoms with van der Waals surface area (Å²) in [6.07, 6.45) is 9.48. The van der Waals surface area contributed by atoms with Gasteiger partial charge in [-0.2, -0.15) is 0 Å². The van der Waals surface area contributed by atoms with Gasteiger partial charge in [0, 0.05) is 18.3 Å². The SMILES string of the molecule is CN1c2ccccc2C=CC1C=Cc1ccc(C=O)cc1. The van der Waals surface area contributed by atoms with Gasteiger partial charge in [-0.25, -0.2) is 0 Å². The highest BCUT2D eigenvalue weighted by atomic mass is 16.1. The molecule has 0 saturated carbocycles. The minimum atomic E-state index is 0.241. The predicted octanol–water partition coefficient (Wildman–Crippen LogP) is 4.04. The highest BCUT2D eigenvalue weighted by molar-refractivity contribution is 5.76. The highest BCUT2D eigenvalue weighted by Crippen LogP contribution is 2.27. The van der Waals surface area contributed by atoms with Crippen LogP contribution in [0.2, 0.25) is 0 Å². The number of nitrogens with zero attached hydrogens (tertiary/aromatic N) is 1. The Morgan fingerprint density at radius 2 is 1.71 bits per heavy atom. The Bertz CT molecular complexity index is 698. The Morgan fingerprint density at radius 3 is 2.48 bits per heavy atom. The van der Waals surface area contributed by atoms with Gasteiger partial charge in [-0.1, -0.05) is 66.8 Å². The summed E-state index contributed by atoms with van der Waals surface area (Å²) in [5, 5.41) is 0. The van der Waals surface area contributed by atoms with Gasteiger partial charge in [-0.05, 0) is 17.2 Å². The molecule has 1 aliphatic heterocycles. The molecular weight excluding hydrogens is 258 g/mol. The minimum Gasteiger partial charge on any atom is -0.364 e. The Morgan fingerprint density at radius 1 is 1.00 bits per heavy atom. The molecule has 0 radical (unpaired) electrons. The van der Waals surface area contributed by atoms with E-state index in [0.29, 0.717) is 5.56 Å². The number of carbonyl (C=O) groups is 1. The third-order valence-corrected chi connectivity index (χ3v) is 3.80. The first kappa shape index (κ1) is 13.4. The maximum Gasteiger partial charge on any atom is 0.150 e. The Labute approximate surface area is 125 Å². The molecular formula is C19H17NO. The number of para-hydroxylation sites is 1. The Hall–Kier alpha value is -2.61. The number of hydrogen-bond acceptors (Lipinski definition) is 2. The van der Waals surface area contributed by atoms with E-state index in [4.69, 9.17) is 0 Å². The highest BCUT2D eigenvalue weighted by Gasteiger charge is 2.15. The molecule has 2 aromatic carbocycles. The molecule has 1 atom stereocenters. The van der Waals surface area contributed by atoms with E-state index in [1.54, 1.807) is 0 Å². The molecule has 1 heterocycles. The van der Waals surface area contributed by atoms with Crippen molar-refractivity contribution < 1.29 is 4.79 Å². The maximum absolute atomic E-state index is 10.6. The normalized spacial score (nSPS) is 17.0. The van der Waals surface area contributed by atoms with Crippen LogP contribution in [-0.4, -0.2) is 19.4 Å². The molecule has 2 heteroatoms. The van der Waals surface area contributed by atoms with Gasteiger partial charge >= 0.3 is 0 Å². The summed E-state index contributed by atoms with van der Waals surface area (Å²) in [5.41, 5.74) is 4.29. The average Bonchev–Trinajstić information content (AvgIpc) is 2.55. The van der Waals surface area contributed by atoms with Crippen LogP contribution in [-0.2, 0) is 0 Å². The van der Waals surface area contributed by atoms with Crippen LogP contribution in [0.3, 0.4) is 0 Å². The lowest BCUT2D eigenvalue weighted by Crippen LogP contribution is -2.30. The fraction of sp³-hybridized carbons (Fsp3) is 0.105. The Balaban J connectivity index is 1.79. The van der Waals surface area contributed by atoms with Gasteiger partial charge in [0.05, 0.1) is 6.04 Å². The van der Waals surface area contributed by atoms with Crippen molar-refractivity contribution >= 4 is 24.1 Å². The van der Waals surface area contributed by atoms with E-state index in [1.807, 2.05) is 24.3 Å². The van der Waals surface area contributed by atoms with E-state index in [2.05, 4.69) is 60.5 Å². The third-order valence-electron chi connectivity index (χ3n) is 3.80. The quantitative estimate of drug-likeness (QED) is 0.788. The fourth-order valence-corrected chi connectivity index (χ4v) is 2.53. The van der Waals surface area contributed by atoms with Crippen molar-refractivity contribution in [2.75, 3.05) is 11.9 Å². The number of anilines is 1. The van der Waals surface area contributed by atoms with E-state index in [0.717, 1.165) is 11.8 Å². The van der Waals surface area contributed by atoms with Crippen LogP contribution in [0.4, 0.5) is 5.69 Å². The standard InChI is InChI=1S/C19H17NO/c1-20-18(13-11-17-4-2-3-5-19(17)20)12-10-15-6-8-16(14-21)9-7-15/h2-14,18H,1H3. The largest absolute Gasteiger partial charge is 0.364 e. The monoisotopic (exact) mass is 275 g/mol. The average molecular weight is 275 g/mol. The molecule has 21 heavy (non-hydrogen) atoms. The zero-order valence-electron chi connectivity index (χ0n) is 11.9. The first-order valence-corrected chi connectivity index (χ1v) is 7.01. The van der Waals surface area contributed by atoms with Gasteiger partial charge in [-0.3, -0.25) is 4.79 Å².